The minimum atomic E-state index is -0.0867. The summed E-state index contributed by atoms with van der Waals surface area (Å²) in [6.45, 7) is 4.53. The molecule has 0 nitrogen and oxygen atoms in total. The van der Waals surface area contributed by atoms with E-state index >= 15 is 0 Å². The Morgan fingerprint density at radius 2 is 1.70 bits per heavy atom. The molecule has 1 aliphatic rings. The first-order valence-electron chi connectivity index (χ1n) is 10.8. The predicted octanol–water partition coefficient (Wildman–Crippen LogP) is 7.00. The van der Waals surface area contributed by atoms with Crippen molar-refractivity contribution in [1.29, 1.82) is 0 Å². The van der Waals surface area contributed by atoms with Crippen LogP contribution in [0.5, 0.6) is 0 Å². The largest absolute Gasteiger partial charge is 0.206 e. The first-order chi connectivity index (χ1) is 13.2. The molecule has 2 aromatic rings. The van der Waals surface area contributed by atoms with Gasteiger partial charge in [0.1, 0.15) is 5.82 Å². The molecule has 0 aromatic heterocycles. The zero-order valence-corrected chi connectivity index (χ0v) is 18.3. The Kier molecular flexibility index (Phi) is 7.46. The molecule has 0 unspecified atom stereocenters. The minimum absolute atomic E-state index is 0.0867. The number of hydrogen-bond donors (Lipinski definition) is 0. The number of rotatable bonds is 7. The van der Waals surface area contributed by atoms with Gasteiger partial charge < -0.3 is 0 Å². The van der Waals surface area contributed by atoms with Gasteiger partial charge in [0, 0.05) is 15.1 Å². The van der Waals surface area contributed by atoms with Crippen LogP contribution in [0.3, 0.4) is 0 Å². The monoisotopic (exact) mass is 380 g/mol. The average molecular weight is 381 g/mol. The molecule has 0 amide bonds. The molecule has 0 spiro atoms. The van der Waals surface area contributed by atoms with E-state index in [9.17, 15) is 4.39 Å². The maximum atomic E-state index is 14.6. The first-order valence-corrected chi connectivity index (χ1v) is 12.6. The second-order valence-electron chi connectivity index (χ2n) is 8.11. The van der Waals surface area contributed by atoms with Crippen LogP contribution in [0, 0.1) is 5.82 Å². The normalized spacial score (nSPS) is 20.7. The van der Waals surface area contributed by atoms with E-state index in [-0.39, 0.29) is 15.3 Å². The molecule has 0 aliphatic heterocycles. The van der Waals surface area contributed by atoms with Crippen LogP contribution >= 0.6 is 0 Å². The van der Waals surface area contributed by atoms with E-state index in [1.807, 2.05) is 18.2 Å². The Morgan fingerprint density at radius 3 is 2.33 bits per heavy atom. The van der Waals surface area contributed by atoms with Crippen LogP contribution < -0.4 is 0 Å². The van der Waals surface area contributed by atoms with Crippen molar-refractivity contribution in [2.45, 2.75) is 69.9 Å². The Morgan fingerprint density at radius 1 is 0.963 bits per heavy atom. The Labute approximate surface area is 166 Å². The lowest BCUT2D eigenvalue weighted by molar-refractivity contribution is 0.439. The summed E-state index contributed by atoms with van der Waals surface area (Å²) >= 11 is 0. The molecule has 144 valence electrons. The molecule has 1 saturated carbocycles. The fourth-order valence-electron chi connectivity index (χ4n) is 4.40. The molecule has 1 fully saturated rings. The van der Waals surface area contributed by atoms with Gasteiger partial charge in [-0.25, -0.2) is 4.39 Å². The van der Waals surface area contributed by atoms with Crippen LogP contribution in [-0.2, 0) is 6.42 Å². The second-order valence-corrected chi connectivity index (χ2v) is 10.8. The summed E-state index contributed by atoms with van der Waals surface area (Å²) in [5.41, 5.74) is 5.40. The van der Waals surface area contributed by atoms with E-state index < -0.39 is 0 Å². The second kappa shape index (κ2) is 10.0. The van der Waals surface area contributed by atoms with Gasteiger partial charge in [0.2, 0.25) is 0 Å². The van der Waals surface area contributed by atoms with Crippen molar-refractivity contribution in [3.8, 4) is 0 Å². The van der Waals surface area contributed by atoms with Crippen molar-refractivity contribution in [2.24, 2.45) is 0 Å². The number of benzene rings is 2. The molecule has 0 N–H and O–H groups in total. The fraction of sp³-hybridized carbons (Fsp3) is 0.440. The van der Waals surface area contributed by atoms with Gasteiger partial charge in [0.15, 0.2) is 0 Å². The molecule has 0 heterocycles. The zero-order chi connectivity index (χ0) is 19.1. The lowest BCUT2D eigenvalue weighted by Gasteiger charge is -2.28. The lowest BCUT2D eigenvalue weighted by Crippen LogP contribution is -2.13. The summed E-state index contributed by atoms with van der Waals surface area (Å²) in [5, 5.41) is 0. The molecule has 1 aliphatic carbocycles. The van der Waals surface area contributed by atoms with Crippen molar-refractivity contribution in [1.82, 2.24) is 0 Å². The predicted molar refractivity (Wildman–Crippen MR) is 120 cm³/mol. The molecule has 0 bridgehead atoms. The van der Waals surface area contributed by atoms with Gasteiger partial charge in [0.25, 0.3) is 0 Å². The van der Waals surface area contributed by atoms with Crippen molar-refractivity contribution >= 4 is 21.7 Å². The molecule has 0 saturated heterocycles. The zero-order valence-electron chi connectivity index (χ0n) is 16.9. The third kappa shape index (κ3) is 5.65. The van der Waals surface area contributed by atoms with E-state index in [0.717, 1.165) is 23.9 Å². The molecular weight excluding hydrogens is 347 g/mol. The molecular formula is C25H33FSi. The fourth-order valence-corrected chi connectivity index (χ4v) is 6.26. The number of halogens is 1. The summed E-state index contributed by atoms with van der Waals surface area (Å²) in [7, 11) is 0.138. The molecule has 3 rings (SSSR count). The molecule has 0 atom stereocenters. The van der Waals surface area contributed by atoms with E-state index in [1.54, 1.807) is 6.07 Å². The van der Waals surface area contributed by atoms with Crippen molar-refractivity contribution < 1.29 is 4.39 Å². The summed E-state index contributed by atoms with van der Waals surface area (Å²) in [4.78, 5) is 0. The number of aryl methyl sites for hydroxylation is 1. The third-order valence-electron chi connectivity index (χ3n) is 6.01. The standard InChI is InChI=1S/C25H33FSi/c1-3-5-19-6-8-20(9-7-19)10-11-22-12-13-23(18-25(22)26)21-14-16-24(17-15-21)27-4-2/h6-13,18,21,24H,3-5,14-17,27H2,1-2H3. The SMILES string of the molecule is CCCc1ccc(C=Cc2ccc(C3CCC([SiH2]CC)CC3)cc2F)cc1. The first kappa shape index (κ1) is 20.1. The topological polar surface area (TPSA) is 0 Å². The Balaban J connectivity index is 1.63. The third-order valence-corrected chi connectivity index (χ3v) is 8.22. The highest BCUT2D eigenvalue weighted by Gasteiger charge is 2.22. The van der Waals surface area contributed by atoms with Gasteiger partial charge >= 0.3 is 0 Å². The van der Waals surface area contributed by atoms with E-state index in [2.05, 4.69) is 44.2 Å². The maximum Gasteiger partial charge on any atom is 0.130 e. The summed E-state index contributed by atoms with van der Waals surface area (Å²) in [6.07, 6.45) is 11.4. The number of hydrogen-bond acceptors (Lipinski definition) is 0. The van der Waals surface area contributed by atoms with Crippen LogP contribution in [0.25, 0.3) is 12.2 Å². The lowest BCUT2D eigenvalue weighted by atomic mass is 9.83. The maximum absolute atomic E-state index is 14.6. The van der Waals surface area contributed by atoms with E-state index in [0.29, 0.717) is 11.5 Å². The quantitative estimate of drug-likeness (QED) is 0.358. The molecule has 27 heavy (non-hydrogen) atoms. The smallest absolute Gasteiger partial charge is 0.130 e. The molecule has 0 radical (unpaired) electrons. The van der Waals surface area contributed by atoms with Gasteiger partial charge in [-0.05, 0) is 47.9 Å². The summed E-state index contributed by atoms with van der Waals surface area (Å²) in [6, 6.07) is 15.9. The minimum Gasteiger partial charge on any atom is -0.206 e. The van der Waals surface area contributed by atoms with Crippen LogP contribution in [0.1, 0.15) is 74.1 Å². The van der Waals surface area contributed by atoms with Crippen LogP contribution in [0.15, 0.2) is 42.5 Å². The summed E-state index contributed by atoms with van der Waals surface area (Å²) < 4.78 is 14.6. The Hall–Kier alpha value is -1.67. The van der Waals surface area contributed by atoms with Crippen molar-refractivity contribution in [2.75, 3.05) is 0 Å². The van der Waals surface area contributed by atoms with Crippen molar-refractivity contribution in [3.05, 3.63) is 70.5 Å². The molecule has 2 heteroatoms. The molecule has 2 aromatic carbocycles. The van der Waals surface area contributed by atoms with Crippen LogP contribution in [0.2, 0.25) is 11.6 Å². The Bertz CT molecular complexity index is 739. The van der Waals surface area contributed by atoms with Gasteiger partial charge in [-0.3, -0.25) is 0 Å². The average Bonchev–Trinajstić information content (AvgIpc) is 2.69. The van der Waals surface area contributed by atoms with Gasteiger partial charge in [-0.1, -0.05) is 93.2 Å². The van der Waals surface area contributed by atoms with Gasteiger partial charge in [-0.15, -0.1) is 0 Å². The van der Waals surface area contributed by atoms with Crippen molar-refractivity contribution in [3.63, 3.8) is 0 Å². The van der Waals surface area contributed by atoms with Crippen LogP contribution in [0.4, 0.5) is 4.39 Å². The van der Waals surface area contributed by atoms with Crippen LogP contribution in [-0.4, -0.2) is 9.52 Å². The highest BCUT2D eigenvalue weighted by molar-refractivity contribution is 6.37. The van der Waals surface area contributed by atoms with Gasteiger partial charge in [-0.2, -0.15) is 0 Å². The summed E-state index contributed by atoms with van der Waals surface area (Å²) in [5.74, 6) is 0.474. The highest BCUT2D eigenvalue weighted by Crippen LogP contribution is 2.38. The van der Waals surface area contributed by atoms with Gasteiger partial charge in [0.05, 0.1) is 0 Å². The highest BCUT2D eigenvalue weighted by atomic mass is 28.2. The van der Waals surface area contributed by atoms with E-state index in [1.165, 1.54) is 42.9 Å². The van der Waals surface area contributed by atoms with E-state index in [4.69, 9.17) is 0 Å².